The van der Waals surface area contributed by atoms with E-state index in [2.05, 4.69) is 4.72 Å². The Morgan fingerprint density at radius 3 is 2.67 bits per heavy atom. The standard InChI is InChI=1S/C21H14ClF2NO4S/c22-15-7-13-10-18(20(15)26)30(28)25-17-9-12(8-16(23)19(17)24)14-4-2-1-3-11(14)5-6-29-21(13)27/h1-4,7-10,25-26H,5-6H2. The summed E-state index contributed by atoms with van der Waals surface area (Å²) in [5, 5.41) is 9.93. The van der Waals surface area contributed by atoms with Crippen molar-refractivity contribution in [1.82, 2.24) is 0 Å². The average Bonchev–Trinajstić information content (AvgIpc) is 2.72. The fraction of sp³-hybridized carbons (Fsp3) is 0.0952. The van der Waals surface area contributed by atoms with Crippen molar-refractivity contribution in [3.63, 3.8) is 0 Å². The summed E-state index contributed by atoms with van der Waals surface area (Å²) < 4.78 is 49.1. The number of halogens is 3. The van der Waals surface area contributed by atoms with Gasteiger partial charge in [-0.05, 0) is 41.0 Å². The highest BCUT2D eigenvalue weighted by molar-refractivity contribution is 7.86. The Kier molecular flexibility index (Phi) is 5.44. The molecule has 1 unspecified atom stereocenters. The van der Waals surface area contributed by atoms with E-state index >= 15 is 0 Å². The van der Waals surface area contributed by atoms with Gasteiger partial charge in [-0.1, -0.05) is 35.9 Å². The van der Waals surface area contributed by atoms with Crippen LogP contribution in [0, 0.1) is 11.6 Å². The van der Waals surface area contributed by atoms with Crippen molar-refractivity contribution in [2.75, 3.05) is 11.3 Å². The second kappa shape index (κ2) is 8.04. The van der Waals surface area contributed by atoms with E-state index in [0.717, 1.165) is 17.7 Å². The van der Waals surface area contributed by atoms with E-state index in [1.54, 1.807) is 24.3 Å². The molecular weight excluding hydrogens is 436 g/mol. The van der Waals surface area contributed by atoms with E-state index in [9.17, 15) is 22.9 Å². The van der Waals surface area contributed by atoms with Crippen LogP contribution in [0.15, 0.2) is 53.4 Å². The molecule has 3 aromatic rings. The van der Waals surface area contributed by atoms with Gasteiger partial charge in [-0.3, -0.25) is 4.72 Å². The highest BCUT2D eigenvalue weighted by atomic mass is 35.5. The van der Waals surface area contributed by atoms with Gasteiger partial charge in [0.05, 0.1) is 22.9 Å². The number of hydrogen-bond acceptors (Lipinski definition) is 4. The molecule has 1 aliphatic heterocycles. The number of phenolic OH excluding ortho intramolecular Hbond substituents is 1. The van der Waals surface area contributed by atoms with Gasteiger partial charge in [0, 0.05) is 6.42 Å². The van der Waals surface area contributed by atoms with E-state index in [1.165, 1.54) is 12.1 Å². The number of hydrogen-bond donors (Lipinski definition) is 2. The van der Waals surface area contributed by atoms with Crippen molar-refractivity contribution in [2.24, 2.45) is 0 Å². The molecule has 154 valence electrons. The molecule has 3 aromatic carbocycles. The van der Waals surface area contributed by atoms with Crippen molar-refractivity contribution >= 4 is 34.2 Å². The molecule has 0 saturated carbocycles. The maximum Gasteiger partial charge on any atom is 0.338 e. The summed E-state index contributed by atoms with van der Waals surface area (Å²) in [4.78, 5) is 12.1. The Balaban J connectivity index is 1.91. The predicted molar refractivity (Wildman–Crippen MR) is 109 cm³/mol. The lowest BCUT2D eigenvalue weighted by Gasteiger charge is -2.16. The van der Waals surface area contributed by atoms with Gasteiger partial charge < -0.3 is 9.84 Å². The average molecular weight is 450 g/mol. The number of rotatable bonds is 0. The first kappa shape index (κ1) is 20.3. The Morgan fingerprint density at radius 2 is 1.87 bits per heavy atom. The molecule has 2 N–H and O–H groups in total. The molecule has 4 rings (SSSR count). The van der Waals surface area contributed by atoms with Crippen LogP contribution in [-0.4, -0.2) is 21.9 Å². The first-order valence-corrected chi connectivity index (χ1v) is 10.3. The number of anilines is 1. The topological polar surface area (TPSA) is 75.6 Å². The molecule has 0 fully saturated rings. The predicted octanol–water partition coefficient (Wildman–Crippen LogP) is 4.84. The normalized spacial score (nSPS) is 16.1. The molecule has 4 bridgehead atoms. The van der Waals surface area contributed by atoms with E-state index in [-0.39, 0.29) is 27.8 Å². The summed E-state index contributed by atoms with van der Waals surface area (Å²) in [7, 11) is -2.25. The SMILES string of the molecule is O=C1OCCc2ccccc2-c2cc(F)c(F)c(c2)NS(=O)c2cc1cc(Cl)c2O. The van der Waals surface area contributed by atoms with Crippen molar-refractivity contribution in [1.29, 1.82) is 0 Å². The summed E-state index contributed by atoms with van der Waals surface area (Å²) in [5.74, 6) is -3.62. The minimum atomic E-state index is -2.25. The number of carbonyl (C=O) groups is 1. The number of aromatic hydroxyl groups is 1. The lowest BCUT2D eigenvalue weighted by atomic mass is 9.97. The molecule has 0 aromatic heterocycles. The van der Waals surface area contributed by atoms with Gasteiger partial charge in [0.25, 0.3) is 0 Å². The van der Waals surface area contributed by atoms with Crippen LogP contribution in [0.25, 0.3) is 11.1 Å². The lowest BCUT2D eigenvalue weighted by molar-refractivity contribution is 0.0509. The lowest BCUT2D eigenvalue weighted by Crippen LogP contribution is -2.12. The van der Waals surface area contributed by atoms with Crippen molar-refractivity contribution in [2.45, 2.75) is 11.3 Å². The van der Waals surface area contributed by atoms with Gasteiger partial charge in [-0.15, -0.1) is 0 Å². The van der Waals surface area contributed by atoms with Crippen LogP contribution in [0.2, 0.25) is 5.02 Å². The second-order valence-corrected chi connectivity index (χ2v) is 8.13. The van der Waals surface area contributed by atoms with Gasteiger partial charge in [-0.25, -0.2) is 17.8 Å². The molecule has 9 heteroatoms. The molecule has 1 aliphatic rings. The summed E-state index contributed by atoms with van der Waals surface area (Å²) in [6.45, 7) is 0.0154. The molecule has 5 nitrogen and oxygen atoms in total. The zero-order valence-electron chi connectivity index (χ0n) is 15.2. The molecule has 0 radical (unpaired) electrons. The minimum absolute atomic E-state index is 0.0154. The molecule has 30 heavy (non-hydrogen) atoms. The number of phenols is 1. The summed E-state index contributed by atoms with van der Waals surface area (Å²) >= 11 is 5.95. The molecular formula is C21H14ClF2NO4S. The number of benzene rings is 3. The third-order valence-electron chi connectivity index (χ3n) is 4.63. The smallest absolute Gasteiger partial charge is 0.338 e. The van der Waals surface area contributed by atoms with Crippen molar-refractivity contribution in [3.05, 3.63) is 76.3 Å². The summed E-state index contributed by atoms with van der Waals surface area (Å²) in [5.41, 5.74) is 1.32. The fourth-order valence-electron chi connectivity index (χ4n) is 3.16. The number of nitrogens with one attached hydrogen (secondary N) is 1. The Morgan fingerprint density at radius 1 is 1.10 bits per heavy atom. The Labute approximate surface area is 177 Å². The quantitative estimate of drug-likeness (QED) is 0.482. The fourth-order valence-corrected chi connectivity index (χ4v) is 4.42. The maximum absolute atomic E-state index is 14.4. The van der Waals surface area contributed by atoms with E-state index in [0.29, 0.717) is 17.5 Å². The maximum atomic E-state index is 14.4. The number of fused-ring (bicyclic) bond motifs is 6. The first-order valence-electron chi connectivity index (χ1n) is 8.80. The number of carbonyl (C=O) groups excluding carboxylic acids is 1. The largest absolute Gasteiger partial charge is 0.505 e. The van der Waals surface area contributed by atoms with Gasteiger partial charge in [0.2, 0.25) is 0 Å². The van der Waals surface area contributed by atoms with Crippen molar-refractivity contribution in [3.8, 4) is 16.9 Å². The second-order valence-electron chi connectivity index (χ2n) is 6.54. The third-order valence-corrected chi connectivity index (χ3v) is 6.03. The minimum Gasteiger partial charge on any atom is -0.505 e. The van der Waals surface area contributed by atoms with Crippen LogP contribution in [-0.2, 0) is 22.1 Å². The zero-order chi connectivity index (χ0) is 21.4. The van der Waals surface area contributed by atoms with Gasteiger partial charge in [0.1, 0.15) is 4.90 Å². The number of cyclic esters (lactones) is 1. The Hall–Kier alpha value is -2.97. The van der Waals surface area contributed by atoms with Crippen LogP contribution >= 0.6 is 11.6 Å². The molecule has 0 saturated heterocycles. The highest BCUT2D eigenvalue weighted by Gasteiger charge is 2.22. The van der Waals surface area contributed by atoms with Crippen LogP contribution in [0.1, 0.15) is 15.9 Å². The molecule has 0 spiro atoms. The van der Waals surface area contributed by atoms with Crippen LogP contribution in [0.3, 0.4) is 0 Å². The van der Waals surface area contributed by atoms with E-state index in [1.807, 2.05) is 0 Å². The number of ether oxygens (including phenoxy) is 1. The molecule has 1 atom stereocenters. The van der Waals surface area contributed by atoms with Gasteiger partial charge in [0.15, 0.2) is 28.4 Å². The Bertz CT molecular complexity index is 1200. The van der Waals surface area contributed by atoms with Gasteiger partial charge >= 0.3 is 5.97 Å². The van der Waals surface area contributed by atoms with Crippen LogP contribution < -0.4 is 4.72 Å². The zero-order valence-corrected chi connectivity index (χ0v) is 16.8. The summed E-state index contributed by atoms with van der Waals surface area (Å²) in [6, 6.07) is 11.7. The van der Waals surface area contributed by atoms with Crippen LogP contribution in [0.4, 0.5) is 14.5 Å². The molecule has 0 amide bonds. The van der Waals surface area contributed by atoms with E-state index in [4.69, 9.17) is 16.3 Å². The first-order chi connectivity index (χ1) is 14.3. The van der Waals surface area contributed by atoms with E-state index < -0.39 is 34.3 Å². The van der Waals surface area contributed by atoms with Crippen LogP contribution in [0.5, 0.6) is 5.75 Å². The highest BCUT2D eigenvalue weighted by Crippen LogP contribution is 2.35. The molecule has 1 heterocycles. The number of esters is 1. The third kappa shape index (κ3) is 3.76. The molecule has 0 aliphatic carbocycles. The van der Waals surface area contributed by atoms with Crippen molar-refractivity contribution < 1.29 is 27.6 Å². The summed E-state index contributed by atoms with van der Waals surface area (Å²) in [6.07, 6.45) is 0.328. The van der Waals surface area contributed by atoms with Gasteiger partial charge in [-0.2, -0.15) is 0 Å². The monoisotopic (exact) mass is 449 g/mol.